The van der Waals surface area contributed by atoms with Crippen LogP contribution in [0.2, 0.25) is 0 Å². The maximum Gasteiger partial charge on any atom is 0.0695 e. The maximum absolute atomic E-state index is 5.73. The molecule has 3 heteroatoms. The Hall–Kier alpha value is 0.670. The summed E-state index contributed by atoms with van der Waals surface area (Å²) in [6.45, 7) is 2.06. The molecule has 0 aliphatic carbocycles. The molecule has 0 saturated carbocycles. The lowest BCUT2D eigenvalue weighted by Gasteiger charge is -1.92. The molecule has 0 amide bonds. The van der Waals surface area contributed by atoms with Crippen LogP contribution in [0, 0.1) is 0 Å². The van der Waals surface area contributed by atoms with Gasteiger partial charge in [0.15, 0.2) is 0 Å². The number of thioether (sulfide) groups is 1. The van der Waals surface area contributed by atoms with Crippen LogP contribution < -0.4 is 0 Å². The van der Waals surface area contributed by atoms with Crippen LogP contribution in [0.5, 0.6) is 0 Å². The van der Waals surface area contributed by atoms with E-state index in [-0.39, 0.29) is 0 Å². The molecule has 0 nitrogen and oxygen atoms in total. The summed E-state index contributed by atoms with van der Waals surface area (Å²) in [7, 11) is 0. The molecule has 0 aliphatic heterocycles. The summed E-state index contributed by atoms with van der Waals surface area (Å²) in [6, 6.07) is 0. The first-order valence-electron chi connectivity index (χ1n) is 2.85. The first kappa shape index (κ1) is 9.67. The monoisotopic (exact) mass is 184 g/mol. The van der Waals surface area contributed by atoms with Gasteiger partial charge in [-0.05, 0) is 6.42 Å². The minimum atomic E-state index is 0.665. The van der Waals surface area contributed by atoms with Gasteiger partial charge in [-0.25, -0.2) is 0 Å². The van der Waals surface area contributed by atoms with Crippen LogP contribution >= 0.6 is 35.0 Å². The van der Waals surface area contributed by atoms with Crippen molar-refractivity contribution in [2.45, 2.75) is 13.3 Å². The minimum Gasteiger partial charge on any atom is -0.126 e. The summed E-state index contributed by atoms with van der Waals surface area (Å²) >= 11 is 12.8. The third kappa shape index (κ3) is 6.56. The second-order valence-electron chi connectivity index (χ2n) is 1.45. The topological polar surface area (TPSA) is 0 Å². The Balaban J connectivity index is 3.25. The van der Waals surface area contributed by atoms with E-state index in [1.54, 1.807) is 11.8 Å². The average molecular weight is 185 g/mol. The van der Waals surface area contributed by atoms with Gasteiger partial charge in [0.1, 0.15) is 0 Å². The maximum atomic E-state index is 5.73. The molecule has 0 unspecified atom stereocenters. The smallest absolute Gasteiger partial charge is 0.0695 e. The second kappa shape index (κ2) is 6.79. The number of halogens is 2. The lowest BCUT2D eigenvalue weighted by molar-refractivity contribution is 1.23. The lowest BCUT2D eigenvalue weighted by atomic mass is 10.5. The minimum absolute atomic E-state index is 0.665. The zero-order chi connectivity index (χ0) is 7.11. The molecule has 0 rings (SSSR count). The largest absolute Gasteiger partial charge is 0.126 e. The Bertz CT molecular complexity index is 91.1. The number of hydrogen-bond acceptors (Lipinski definition) is 1. The van der Waals surface area contributed by atoms with Crippen molar-refractivity contribution < 1.29 is 0 Å². The highest BCUT2D eigenvalue weighted by Crippen LogP contribution is 2.19. The van der Waals surface area contributed by atoms with Crippen molar-refractivity contribution >= 4 is 35.0 Å². The van der Waals surface area contributed by atoms with Gasteiger partial charge in [0, 0.05) is 11.6 Å². The van der Waals surface area contributed by atoms with Crippen LogP contribution in [0.3, 0.4) is 0 Å². The first-order chi connectivity index (χ1) is 4.31. The third-order valence-electron chi connectivity index (χ3n) is 0.682. The van der Waals surface area contributed by atoms with Gasteiger partial charge in [-0.1, -0.05) is 24.6 Å². The first-order valence-corrected chi connectivity index (χ1v) is 4.75. The van der Waals surface area contributed by atoms with Crippen molar-refractivity contribution in [3.8, 4) is 0 Å². The van der Waals surface area contributed by atoms with Gasteiger partial charge in [0.05, 0.1) is 4.36 Å². The van der Waals surface area contributed by atoms with Crippen LogP contribution in [0.4, 0.5) is 0 Å². The van der Waals surface area contributed by atoms with E-state index in [1.165, 1.54) is 0 Å². The molecule has 0 N–H and O–H groups in total. The molecule has 0 fully saturated rings. The Morgan fingerprint density at radius 1 is 1.67 bits per heavy atom. The molecule has 0 aromatic heterocycles. The zero-order valence-electron chi connectivity index (χ0n) is 5.36. The SMILES string of the molecule is CC/C=C(/Cl)SCCCl. The Morgan fingerprint density at radius 3 is 2.78 bits per heavy atom. The van der Waals surface area contributed by atoms with E-state index in [2.05, 4.69) is 6.92 Å². The van der Waals surface area contributed by atoms with Crippen molar-refractivity contribution in [1.29, 1.82) is 0 Å². The molecule has 54 valence electrons. The summed E-state index contributed by atoms with van der Waals surface area (Å²) in [5, 5.41) is 0. The Morgan fingerprint density at radius 2 is 2.33 bits per heavy atom. The van der Waals surface area contributed by atoms with Gasteiger partial charge in [0.2, 0.25) is 0 Å². The summed E-state index contributed by atoms with van der Waals surface area (Å²) in [6.07, 6.45) is 2.98. The number of allylic oxidation sites excluding steroid dienone is 1. The quantitative estimate of drug-likeness (QED) is 0.604. The predicted octanol–water partition coefficient (Wildman–Crippen LogP) is 3.45. The zero-order valence-corrected chi connectivity index (χ0v) is 7.69. The lowest BCUT2D eigenvalue weighted by Crippen LogP contribution is -1.75. The molecule has 0 bridgehead atoms. The van der Waals surface area contributed by atoms with E-state index in [9.17, 15) is 0 Å². The standard InChI is InChI=1S/C6H10Cl2S/c1-2-3-6(8)9-5-4-7/h3H,2,4-5H2,1H3/b6-3-. The van der Waals surface area contributed by atoms with Crippen molar-refractivity contribution in [2.24, 2.45) is 0 Å². The molecule has 9 heavy (non-hydrogen) atoms. The molecule has 0 atom stereocenters. The summed E-state index contributed by atoms with van der Waals surface area (Å²) in [4.78, 5) is 0. The van der Waals surface area contributed by atoms with E-state index < -0.39 is 0 Å². The van der Waals surface area contributed by atoms with Gasteiger partial charge >= 0.3 is 0 Å². The average Bonchev–Trinajstić information content (AvgIpc) is 1.85. The van der Waals surface area contributed by atoms with E-state index >= 15 is 0 Å². The van der Waals surface area contributed by atoms with Crippen LogP contribution in [0.15, 0.2) is 10.4 Å². The van der Waals surface area contributed by atoms with Crippen molar-refractivity contribution in [2.75, 3.05) is 11.6 Å². The highest BCUT2D eigenvalue weighted by atomic mass is 35.5. The van der Waals surface area contributed by atoms with E-state index in [0.717, 1.165) is 16.5 Å². The fourth-order valence-corrected chi connectivity index (χ4v) is 1.53. The highest BCUT2D eigenvalue weighted by molar-refractivity contribution is 8.04. The van der Waals surface area contributed by atoms with Gasteiger partial charge in [-0.3, -0.25) is 0 Å². The second-order valence-corrected chi connectivity index (χ2v) is 3.60. The van der Waals surface area contributed by atoms with E-state index in [4.69, 9.17) is 23.2 Å². The van der Waals surface area contributed by atoms with Crippen molar-refractivity contribution in [3.05, 3.63) is 10.4 Å². The summed E-state index contributed by atoms with van der Waals surface area (Å²) in [5.74, 6) is 1.56. The summed E-state index contributed by atoms with van der Waals surface area (Å²) in [5.41, 5.74) is 0. The van der Waals surface area contributed by atoms with Gasteiger partial charge < -0.3 is 0 Å². The number of rotatable bonds is 4. The van der Waals surface area contributed by atoms with E-state index in [0.29, 0.717) is 5.88 Å². The number of hydrogen-bond donors (Lipinski definition) is 0. The molecule has 0 aromatic rings. The highest BCUT2D eigenvalue weighted by Gasteiger charge is 1.89. The predicted molar refractivity (Wildman–Crippen MR) is 47.4 cm³/mol. The normalized spacial score (nSPS) is 12.1. The molecular weight excluding hydrogens is 175 g/mol. The molecule has 0 heterocycles. The number of alkyl halides is 1. The van der Waals surface area contributed by atoms with Gasteiger partial charge in [-0.2, -0.15) is 0 Å². The van der Waals surface area contributed by atoms with Crippen LogP contribution in [-0.4, -0.2) is 11.6 Å². The van der Waals surface area contributed by atoms with Crippen LogP contribution in [0.1, 0.15) is 13.3 Å². The van der Waals surface area contributed by atoms with Gasteiger partial charge in [0.25, 0.3) is 0 Å². The summed E-state index contributed by atoms with van der Waals surface area (Å²) < 4.78 is 0.859. The molecule has 0 radical (unpaired) electrons. The Kier molecular flexibility index (Phi) is 7.29. The van der Waals surface area contributed by atoms with Crippen molar-refractivity contribution in [3.63, 3.8) is 0 Å². The molecular formula is C6H10Cl2S. The van der Waals surface area contributed by atoms with Crippen LogP contribution in [0.25, 0.3) is 0 Å². The fraction of sp³-hybridized carbons (Fsp3) is 0.667. The molecule has 0 saturated heterocycles. The molecule has 0 spiro atoms. The fourth-order valence-electron chi connectivity index (χ4n) is 0.355. The van der Waals surface area contributed by atoms with Crippen LogP contribution in [-0.2, 0) is 0 Å². The van der Waals surface area contributed by atoms with Crippen molar-refractivity contribution in [1.82, 2.24) is 0 Å². The van der Waals surface area contributed by atoms with Gasteiger partial charge in [-0.15, -0.1) is 23.4 Å². The van der Waals surface area contributed by atoms with E-state index in [1.807, 2.05) is 6.08 Å². The molecule has 0 aromatic carbocycles. The third-order valence-corrected chi connectivity index (χ3v) is 2.43. The molecule has 0 aliphatic rings. The Labute approximate surface area is 70.6 Å².